The number of carbonyl (C=O) groups is 1. The molecule has 2 heterocycles. The van der Waals surface area contributed by atoms with E-state index < -0.39 is 36.3 Å². The summed E-state index contributed by atoms with van der Waals surface area (Å²) in [6.45, 7) is 0. The third kappa shape index (κ3) is 7.91. The van der Waals surface area contributed by atoms with Crippen LogP contribution in [-0.4, -0.2) is 53.2 Å². The standard InChI is InChI=1S/C33H30F3N5O4/c34-33(35,36)23-11-7-10-22(18-23)31-27(15-14-25(42)19-26(43)20-29(44)45)30(21-8-3-1-4-9-21)40-41(31)28-16-17-37-32(39-28)38-24-12-5-2-6-13-24/h1-13,16-18,25-26,42-43H,14-15,19-20H2,(H,44,45)(H,37,38,39)/t25-,26-/m1/s1. The van der Waals surface area contributed by atoms with Crippen LogP contribution in [0.1, 0.15) is 30.4 Å². The van der Waals surface area contributed by atoms with Crippen LogP contribution in [0, 0.1) is 0 Å². The number of hydrogen-bond acceptors (Lipinski definition) is 7. The van der Waals surface area contributed by atoms with Crippen LogP contribution in [0.15, 0.2) is 97.2 Å². The molecule has 0 bridgehead atoms. The van der Waals surface area contributed by atoms with Crippen LogP contribution in [0.3, 0.4) is 0 Å². The summed E-state index contributed by atoms with van der Waals surface area (Å²) >= 11 is 0. The zero-order chi connectivity index (χ0) is 32.0. The fourth-order valence-electron chi connectivity index (χ4n) is 5.03. The minimum Gasteiger partial charge on any atom is -0.481 e. The zero-order valence-electron chi connectivity index (χ0n) is 23.9. The third-order valence-corrected chi connectivity index (χ3v) is 7.06. The van der Waals surface area contributed by atoms with Crippen molar-refractivity contribution in [2.75, 3.05) is 5.32 Å². The summed E-state index contributed by atoms with van der Waals surface area (Å²) < 4.78 is 43.0. The summed E-state index contributed by atoms with van der Waals surface area (Å²) in [5.74, 6) is -0.660. The molecule has 2 atom stereocenters. The number of aliphatic hydroxyl groups is 2. The van der Waals surface area contributed by atoms with Crippen molar-refractivity contribution < 1.29 is 33.3 Å². The first-order valence-corrected chi connectivity index (χ1v) is 14.2. The minimum absolute atomic E-state index is 0.0821. The maximum absolute atomic E-state index is 13.9. The number of carboxylic acid groups (broad SMARTS) is 1. The van der Waals surface area contributed by atoms with Gasteiger partial charge in [0.2, 0.25) is 5.95 Å². The molecular formula is C33H30F3N5O4. The highest BCUT2D eigenvalue weighted by molar-refractivity contribution is 5.76. The predicted octanol–water partition coefficient (Wildman–Crippen LogP) is 6.28. The Hall–Kier alpha value is -5.07. The van der Waals surface area contributed by atoms with E-state index in [4.69, 9.17) is 10.2 Å². The molecule has 0 spiro atoms. The van der Waals surface area contributed by atoms with Gasteiger partial charge in [0.25, 0.3) is 0 Å². The van der Waals surface area contributed by atoms with Crippen molar-refractivity contribution in [2.24, 2.45) is 0 Å². The lowest BCUT2D eigenvalue weighted by atomic mass is 9.95. The van der Waals surface area contributed by atoms with E-state index in [9.17, 15) is 28.2 Å². The van der Waals surface area contributed by atoms with Crippen LogP contribution < -0.4 is 5.32 Å². The lowest BCUT2D eigenvalue weighted by Crippen LogP contribution is -2.21. The number of rotatable bonds is 12. The number of carboxylic acids is 1. The zero-order valence-corrected chi connectivity index (χ0v) is 23.9. The van der Waals surface area contributed by atoms with Crippen LogP contribution in [0.5, 0.6) is 0 Å². The van der Waals surface area contributed by atoms with Gasteiger partial charge in [-0.2, -0.15) is 23.3 Å². The van der Waals surface area contributed by atoms with E-state index >= 15 is 0 Å². The largest absolute Gasteiger partial charge is 0.481 e. The highest BCUT2D eigenvalue weighted by Crippen LogP contribution is 2.38. The Morgan fingerprint density at radius 2 is 1.58 bits per heavy atom. The van der Waals surface area contributed by atoms with Gasteiger partial charge in [0, 0.05) is 34.6 Å². The second-order valence-corrected chi connectivity index (χ2v) is 10.4. The maximum atomic E-state index is 13.9. The van der Waals surface area contributed by atoms with Crippen molar-refractivity contribution in [1.29, 1.82) is 0 Å². The molecule has 0 aliphatic heterocycles. The number of alkyl halides is 3. The molecule has 0 amide bonds. The molecule has 0 radical (unpaired) electrons. The fraction of sp³-hybridized carbons (Fsp3) is 0.212. The van der Waals surface area contributed by atoms with Crippen LogP contribution in [0.4, 0.5) is 24.8 Å². The first-order valence-electron chi connectivity index (χ1n) is 14.2. The Labute approximate surface area is 256 Å². The SMILES string of the molecule is O=C(O)C[C@H](O)C[C@H](O)CCc1c(-c2ccccc2)nn(-c2ccnc(Nc3ccccc3)n2)c1-c1cccc(C(F)(F)F)c1. The van der Waals surface area contributed by atoms with Crippen molar-refractivity contribution in [3.8, 4) is 28.3 Å². The molecule has 2 aromatic heterocycles. The number of anilines is 2. The summed E-state index contributed by atoms with van der Waals surface area (Å²) in [5.41, 5.74) is 2.16. The van der Waals surface area contributed by atoms with Crippen LogP contribution in [0.2, 0.25) is 0 Å². The number of benzene rings is 3. The van der Waals surface area contributed by atoms with Gasteiger partial charge in [-0.3, -0.25) is 4.79 Å². The van der Waals surface area contributed by atoms with Crippen molar-refractivity contribution in [3.63, 3.8) is 0 Å². The minimum atomic E-state index is -4.60. The molecule has 45 heavy (non-hydrogen) atoms. The van der Waals surface area contributed by atoms with Crippen molar-refractivity contribution in [3.05, 3.63) is 108 Å². The molecule has 0 saturated heterocycles. The number of aliphatic hydroxyl groups excluding tert-OH is 2. The van der Waals surface area contributed by atoms with Gasteiger partial charge in [0.05, 0.1) is 35.6 Å². The molecule has 3 aromatic carbocycles. The molecule has 0 aliphatic rings. The molecule has 12 heteroatoms. The summed E-state index contributed by atoms with van der Waals surface area (Å²) in [4.78, 5) is 19.9. The number of aromatic nitrogens is 4. The first kappa shape index (κ1) is 31.4. The molecule has 0 fully saturated rings. The fourth-order valence-corrected chi connectivity index (χ4v) is 5.03. The predicted molar refractivity (Wildman–Crippen MR) is 162 cm³/mol. The number of para-hydroxylation sites is 1. The smallest absolute Gasteiger partial charge is 0.416 e. The lowest BCUT2D eigenvalue weighted by molar-refractivity contribution is -0.139. The number of aliphatic carboxylic acids is 1. The van der Waals surface area contributed by atoms with Crippen LogP contribution >= 0.6 is 0 Å². The summed E-state index contributed by atoms with van der Waals surface area (Å²) in [7, 11) is 0. The van der Waals surface area contributed by atoms with Gasteiger partial charge in [0.1, 0.15) is 0 Å². The quantitative estimate of drug-likeness (QED) is 0.129. The van der Waals surface area contributed by atoms with E-state index in [-0.39, 0.29) is 36.6 Å². The molecular weight excluding hydrogens is 587 g/mol. The molecule has 0 unspecified atom stereocenters. The van der Waals surface area contributed by atoms with Crippen molar-refractivity contribution in [1.82, 2.24) is 19.7 Å². The van der Waals surface area contributed by atoms with E-state index in [0.29, 0.717) is 22.5 Å². The Morgan fingerprint density at radius 3 is 2.27 bits per heavy atom. The van der Waals surface area contributed by atoms with Crippen molar-refractivity contribution in [2.45, 2.75) is 44.1 Å². The van der Waals surface area contributed by atoms with E-state index in [1.165, 1.54) is 16.9 Å². The maximum Gasteiger partial charge on any atom is 0.416 e. The summed E-state index contributed by atoms with van der Waals surface area (Å²) in [6.07, 6.45) is -5.89. The van der Waals surface area contributed by atoms with Crippen molar-refractivity contribution >= 4 is 17.6 Å². The Kier molecular flexibility index (Phi) is 9.55. The van der Waals surface area contributed by atoms with Gasteiger partial charge in [-0.1, -0.05) is 60.7 Å². The van der Waals surface area contributed by atoms with Gasteiger partial charge in [-0.25, -0.2) is 9.67 Å². The van der Waals surface area contributed by atoms with E-state index in [1.807, 2.05) is 60.7 Å². The van der Waals surface area contributed by atoms with Gasteiger partial charge < -0.3 is 20.6 Å². The summed E-state index contributed by atoms with van der Waals surface area (Å²) in [5, 5.41) is 37.7. The highest BCUT2D eigenvalue weighted by atomic mass is 19.4. The van der Waals surface area contributed by atoms with Gasteiger partial charge in [0.15, 0.2) is 5.82 Å². The average molecular weight is 618 g/mol. The summed E-state index contributed by atoms with van der Waals surface area (Å²) in [6, 6.07) is 24.8. The topological polar surface area (TPSA) is 133 Å². The molecule has 5 aromatic rings. The van der Waals surface area contributed by atoms with Crippen LogP contribution in [-0.2, 0) is 17.4 Å². The third-order valence-electron chi connectivity index (χ3n) is 7.06. The highest BCUT2D eigenvalue weighted by Gasteiger charge is 2.32. The molecule has 4 N–H and O–H groups in total. The first-order chi connectivity index (χ1) is 21.6. The second kappa shape index (κ2) is 13.7. The Bertz CT molecular complexity index is 1750. The molecule has 232 valence electrons. The molecule has 5 rings (SSSR count). The lowest BCUT2D eigenvalue weighted by Gasteiger charge is -2.16. The van der Waals surface area contributed by atoms with Gasteiger partial charge in [-0.15, -0.1) is 0 Å². The monoisotopic (exact) mass is 617 g/mol. The second-order valence-electron chi connectivity index (χ2n) is 10.4. The van der Waals surface area contributed by atoms with Gasteiger partial charge >= 0.3 is 12.1 Å². The Morgan fingerprint density at radius 1 is 0.889 bits per heavy atom. The van der Waals surface area contributed by atoms with E-state index in [1.54, 1.807) is 12.1 Å². The van der Waals surface area contributed by atoms with E-state index in [0.717, 1.165) is 17.8 Å². The number of hydrogen-bond donors (Lipinski definition) is 4. The molecule has 0 saturated carbocycles. The number of nitrogens with one attached hydrogen (secondary N) is 1. The normalized spacial score (nSPS) is 12.9. The number of nitrogens with zero attached hydrogens (tertiary/aromatic N) is 4. The van der Waals surface area contributed by atoms with Gasteiger partial charge in [-0.05, 0) is 43.5 Å². The number of halogens is 3. The Balaban J connectivity index is 1.64. The van der Waals surface area contributed by atoms with Crippen LogP contribution in [0.25, 0.3) is 28.3 Å². The molecule has 0 aliphatic carbocycles. The molecule has 9 nitrogen and oxygen atoms in total. The van der Waals surface area contributed by atoms with E-state index in [2.05, 4.69) is 15.3 Å². The average Bonchev–Trinajstić information content (AvgIpc) is 3.40.